The third-order valence-electron chi connectivity index (χ3n) is 2.86. The summed E-state index contributed by atoms with van der Waals surface area (Å²) in [6, 6.07) is 5.17. The molecule has 0 aliphatic carbocycles. The number of fused-ring (bicyclic) bond motifs is 1. The summed E-state index contributed by atoms with van der Waals surface area (Å²) in [7, 11) is 0. The lowest BCUT2D eigenvalue weighted by Crippen LogP contribution is -2.36. The van der Waals surface area contributed by atoms with Crippen LogP contribution < -0.4 is 20.5 Å². The Bertz CT molecular complexity index is 511. The predicted octanol–water partition coefficient (Wildman–Crippen LogP) is 1.98. The third kappa shape index (κ3) is 4.26. The van der Waals surface area contributed by atoms with Crippen molar-refractivity contribution in [3.8, 4) is 11.5 Å². The highest BCUT2D eigenvalue weighted by atomic mass is 16.6. The second-order valence-corrected chi connectivity index (χ2v) is 5.86. The molecule has 1 atom stereocenters. The summed E-state index contributed by atoms with van der Waals surface area (Å²) in [4.78, 5) is 11.6. The molecule has 1 aliphatic rings. The van der Waals surface area contributed by atoms with E-state index in [4.69, 9.17) is 19.9 Å². The van der Waals surface area contributed by atoms with E-state index in [0.29, 0.717) is 24.7 Å². The van der Waals surface area contributed by atoms with Crippen LogP contribution in [0.3, 0.4) is 0 Å². The lowest BCUT2D eigenvalue weighted by Gasteiger charge is -2.24. The molecule has 1 amide bonds. The zero-order valence-electron chi connectivity index (χ0n) is 12.6. The minimum Gasteiger partial charge on any atom is -0.486 e. The van der Waals surface area contributed by atoms with Crippen molar-refractivity contribution in [3.05, 3.63) is 23.8 Å². The number of benzene rings is 1. The summed E-state index contributed by atoms with van der Waals surface area (Å²) in [6.07, 6.45) is -0.486. The van der Waals surface area contributed by atoms with Crippen LogP contribution in [0.15, 0.2) is 18.2 Å². The Morgan fingerprint density at radius 2 is 2.10 bits per heavy atom. The van der Waals surface area contributed by atoms with Gasteiger partial charge in [0.2, 0.25) is 0 Å². The smallest absolute Gasteiger partial charge is 0.407 e. The average Bonchev–Trinajstić information content (AvgIpc) is 2.42. The molecule has 6 heteroatoms. The lowest BCUT2D eigenvalue weighted by atomic mass is 10.1. The second kappa shape index (κ2) is 6.22. The first-order valence-corrected chi connectivity index (χ1v) is 6.98. The van der Waals surface area contributed by atoms with Crippen LogP contribution in [0.4, 0.5) is 4.79 Å². The van der Waals surface area contributed by atoms with Gasteiger partial charge in [-0.05, 0) is 26.8 Å². The van der Waals surface area contributed by atoms with Gasteiger partial charge in [0.25, 0.3) is 0 Å². The number of rotatable bonds is 3. The first-order chi connectivity index (χ1) is 9.87. The number of hydrogen-bond donors (Lipinski definition) is 2. The molecule has 116 valence electrons. The molecule has 2 rings (SSSR count). The van der Waals surface area contributed by atoms with Crippen LogP contribution in [-0.2, 0) is 4.74 Å². The number of carbonyl (C=O) groups excluding carboxylic acids is 1. The molecule has 1 heterocycles. The summed E-state index contributed by atoms with van der Waals surface area (Å²) in [6.45, 7) is 6.72. The van der Waals surface area contributed by atoms with E-state index >= 15 is 0 Å². The molecule has 1 aromatic carbocycles. The molecule has 6 nitrogen and oxygen atoms in total. The molecule has 0 aromatic heterocycles. The first kappa shape index (κ1) is 15.4. The maximum Gasteiger partial charge on any atom is 0.407 e. The van der Waals surface area contributed by atoms with Gasteiger partial charge in [0.05, 0.1) is 6.04 Å². The third-order valence-corrected chi connectivity index (χ3v) is 2.86. The summed E-state index contributed by atoms with van der Waals surface area (Å²) >= 11 is 0. The van der Waals surface area contributed by atoms with Crippen molar-refractivity contribution in [1.29, 1.82) is 0 Å². The van der Waals surface area contributed by atoms with Crippen LogP contribution in [0.25, 0.3) is 0 Å². The van der Waals surface area contributed by atoms with E-state index in [1.807, 2.05) is 39.0 Å². The van der Waals surface area contributed by atoms with Crippen molar-refractivity contribution in [3.63, 3.8) is 0 Å². The highest BCUT2D eigenvalue weighted by Crippen LogP contribution is 2.36. The number of ether oxygens (including phenoxy) is 3. The zero-order valence-corrected chi connectivity index (χ0v) is 12.6. The molecule has 3 N–H and O–H groups in total. The van der Waals surface area contributed by atoms with E-state index < -0.39 is 17.7 Å². The van der Waals surface area contributed by atoms with Gasteiger partial charge in [-0.1, -0.05) is 12.1 Å². The molecule has 1 aromatic rings. The van der Waals surface area contributed by atoms with Gasteiger partial charge in [-0.3, -0.25) is 0 Å². The van der Waals surface area contributed by atoms with E-state index in [0.717, 1.165) is 5.56 Å². The fraction of sp³-hybridized carbons (Fsp3) is 0.533. The van der Waals surface area contributed by atoms with Gasteiger partial charge in [-0.25, -0.2) is 4.79 Å². The van der Waals surface area contributed by atoms with Crippen LogP contribution in [0, 0.1) is 0 Å². The van der Waals surface area contributed by atoms with Gasteiger partial charge >= 0.3 is 6.09 Å². The Morgan fingerprint density at radius 1 is 1.38 bits per heavy atom. The fourth-order valence-electron chi connectivity index (χ4n) is 2.01. The normalized spacial score (nSPS) is 15.2. The van der Waals surface area contributed by atoms with Crippen molar-refractivity contribution in [2.75, 3.05) is 19.8 Å². The Labute approximate surface area is 124 Å². The van der Waals surface area contributed by atoms with Gasteiger partial charge in [0, 0.05) is 12.1 Å². The Hall–Kier alpha value is -1.95. The quantitative estimate of drug-likeness (QED) is 0.890. The number of amides is 1. The van der Waals surface area contributed by atoms with Crippen molar-refractivity contribution in [2.24, 2.45) is 5.73 Å². The molecular formula is C15H22N2O4. The molecule has 1 aliphatic heterocycles. The molecule has 0 spiro atoms. The molecule has 1 unspecified atom stereocenters. The van der Waals surface area contributed by atoms with Crippen LogP contribution in [-0.4, -0.2) is 31.5 Å². The zero-order chi connectivity index (χ0) is 15.5. The van der Waals surface area contributed by atoms with E-state index in [9.17, 15) is 4.79 Å². The van der Waals surface area contributed by atoms with Crippen LogP contribution in [0.2, 0.25) is 0 Å². The number of hydrogen-bond acceptors (Lipinski definition) is 5. The summed E-state index contributed by atoms with van der Waals surface area (Å²) in [5.41, 5.74) is 6.40. The van der Waals surface area contributed by atoms with Crippen LogP contribution >= 0.6 is 0 Å². The SMILES string of the molecule is CC(C)(C)OC(=O)NCC(N)c1cccc2c1OCCO2. The van der Waals surface area contributed by atoms with Crippen LogP contribution in [0.1, 0.15) is 32.4 Å². The summed E-state index contributed by atoms with van der Waals surface area (Å²) < 4.78 is 16.3. The molecule has 0 fully saturated rings. The van der Waals surface area contributed by atoms with Crippen LogP contribution in [0.5, 0.6) is 11.5 Å². The van der Waals surface area contributed by atoms with Crippen molar-refractivity contribution in [1.82, 2.24) is 5.32 Å². The Balaban J connectivity index is 1.98. The molecule has 21 heavy (non-hydrogen) atoms. The topological polar surface area (TPSA) is 82.8 Å². The predicted molar refractivity (Wildman–Crippen MR) is 78.6 cm³/mol. The molecule has 0 saturated carbocycles. The van der Waals surface area contributed by atoms with E-state index in [1.54, 1.807) is 0 Å². The minimum absolute atomic E-state index is 0.259. The van der Waals surface area contributed by atoms with E-state index in [2.05, 4.69) is 5.32 Å². The maximum atomic E-state index is 11.6. The monoisotopic (exact) mass is 294 g/mol. The fourth-order valence-corrected chi connectivity index (χ4v) is 2.01. The van der Waals surface area contributed by atoms with Gasteiger partial charge < -0.3 is 25.3 Å². The van der Waals surface area contributed by atoms with Gasteiger partial charge in [0.15, 0.2) is 11.5 Å². The van der Waals surface area contributed by atoms with Gasteiger partial charge in [-0.15, -0.1) is 0 Å². The van der Waals surface area contributed by atoms with Gasteiger partial charge in [-0.2, -0.15) is 0 Å². The highest BCUT2D eigenvalue weighted by Gasteiger charge is 2.21. The largest absolute Gasteiger partial charge is 0.486 e. The minimum atomic E-state index is -0.531. The highest BCUT2D eigenvalue weighted by molar-refractivity contribution is 5.67. The number of nitrogens with one attached hydrogen (secondary N) is 1. The van der Waals surface area contributed by atoms with Crippen molar-refractivity contribution >= 4 is 6.09 Å². The summed E-state index contributed by atoms with van der Waals surface area (Å²) in [5, 5.41) is 2.66. The number of carbonyl (C=O) groups is 1. The molecule has 0 radical (unpaired) electrons. The van der Waals surface area contributed by atoms with Gasteiger partial charge in [0.1, 0.15) is 18.8 Å². The average molecular weight is 294 g/mol. The van der Waals surface area contributed by atoms with Crippen molar-refractivity contribution < 1.29 is 19.0 Å². The van der Waals surface area contributed by atoms with E-state index in [-0.39, 0.29) is 6.54 Å². The first-order valence-electron chi connectivity index (χ1n) is 6.98. The maximum absolute atomic E-state index is 11.6. The Morgan fingerprint density at radius 3 is 2.81 bits per heavy atom. The number of alkyl carbamates (subject to hydrolysis) is 1. The molecular weight excluding hydrogens is 272 g/mol. The Kier molecular flexibility index (Phi) is 4.57. The summed E-state index contributed by atoms with van der Waals surface area (Å²) in [5.74, 6) is 1.34. The van der Waals surface area contributed by atoms with E-state index in [1.165, 1.54) is 0 Å². The number of para-hydroxylation sites is 1. The molecule has 0 saturated heterocycles. The molecule has 0 bridgehead atoms. The standard InChI is InChI=1S/C15H22N2O4/c1-15(2,3)21-14(18)17-9-11(16)10-5-4-6-12-13(10)20-8-7-19-12/h4-6,11H,7-9,16H2,1-3H3,(H,17,18). The lowest BCUT2D eigenvalue weighted by molar-refractivity contribution is 0.0524. The second-order valence-electron chi connectivity index (χ2n) is 5.86. The number of nitrogens with two attached hydrogens (primary N) is 1. The van der Waals surface area contributed by atoms with Crippen molar-refractivity contribution in [2.45, 2.75) is 32.4 Å².